The minimum atomic E-state index is 0.925. The van der Waals surface area contributed by atoms with Gasteiger partial charge in [0.25, 0.3) is 0 Å². The van der Waals surface area contributed by atoms with E-state index in [1.807, 2.05) is 0 Å². The number of nitrogens with one attached hydrogen (secondary N) is 1. The fourth-order valence-electron chi connectivity index (χ4n) is 2.85. The van der Waals surface area contributed by atoms with Crippen molar-refractivity contribution >= 4 is 0 Å². The average Bonchev–Trinajstić information content (AvgIpc) is 2.18. The van der Waals surface area contributed by atoms with Crippen molar-refractivity contribution in [2.45, 2.75) is 45.1 Å². The molecule has 2 fully saturated rings. The minimum Gasteiger partial charge on any atom is -0.317 e. The molecule has 0 spiro atoms. The number of rotatable bonds is 4. The first-order valence-corrected chi connectivity index (χ1v) is 6.36. The van der Waals surface area contributed by atoms with Crippen LogP contribution < -0.4 is 5.32 Å². The molecular formula is C12H24N2. The Kier molecular flexibility index (Phi) is 3.82. The molecule has 2 heteroatoms. The van der Waals surface area contributed by atoms with Gasteiger partial charge in [0.1, 0.15) is 0 Å². The molecule has 82 valence electrons. The van der Waals surface area contributed by atoms with Gasteiger partial charge in [0.05, 0.1) is 0 Å². The van der Waals surface area contributed by atoms with Crippen LogP contribution in [0.5, 0.6) is 0 Å². The predicted octanol–water partition coefficient (Wildman–Crippen LogP) is 1.86. The molecule has 0 aromatic rings. The highest BCUT2D eigenvalue weighted by Gasteiger charge is 2.35. The Hall–Kier alpha value is -0.0800. The summed E-state index contributed by atoms with van der Waals surface area (Å²) in [7, 11) is 0. The molecular weight excluding hydrogens is 172 g/mol. The van der Waals surface area contributed by atoms with Crippen LogP contribution in [0.25, 0.3) is 0 Å². The van der Waals surface area contributed by atoms with Crippen molar-refractivity contribution in [2.24, 2.45) is 5.92 Å². The second-order valence-corrected chi connectivity index (χ2v) is 4.81. The van der Waals surface area contributed by atoms with Gasteiger partial charge in [0.15, 0.2) is 0 Å². The Bertz CT molecular complexity index is 164. The molecule has 0 amide bonds. The molecule has 1 N–H and O–H groups in total. The van der Waals surface area contributed by atoms with Gasteiger partial charge < -0.3 is 10.2 Å². The summed E-state index contributed by atoms with van der Waals surface area (Å²) < 4.78 is 0. The first-order valence-electron chi connectivity index (χ1n) is 6.36. The average molecular weight is 196 g/mol. The summed E-state index contributed by atoms with van der Waals surface area (Å²) in [4.78, 5) is 2.75. The van der Waals surface area contributed by atoms with Crippen LogP contribution in [0.1, 0.15) is 39.0 Å². The van der Waals surface area contributed by atoms with Crippen molar-refractivity contribution in [2.75, 3.05) is 26.2 Å². The molecule has 2 aliphatic rings. The number of hydrogen-bond acceptors (Lipinski definition) is 2. The SMILES string of the molecule is CCNCC1CCC1N1CCCCC1. The van der Waals surface area contributed by atoms with Gasteiger partial charge in [-0.2, -0.15) is 0 Å². The summed E-state index contributed by atoms with van der Waals surface area (Å²) in [6, 6.07) is 0.925. The highest BCUT2D eigenvalue weighted by Crippen LogP contribution is 2.33. The lowest BCUT2D eigenvalue weighted by Crippen LogP contribution is -2.52. The zero-order valence-corrected chi connectivity index (χ0v) is 9.47. The molecule has 0 bridgehead atoms. The van der Waals surface area contributed by atoms with Gasteiger partial charge in [0, 0.05) is 6.04 Å². The first-order chi connectivity index (χ1) is 6.92. The van der Waals surface area contributed by atoms with Gasteiger partial charge in [-0.05, 0) is 57.8 Å². The monoisotopic (exact) mass is 196 g/mol. The van der Waals surface area contributed by atoms with Crippen LogP contribution in [0.2, 0.25) is 0 Å². The van der Waals surface area contributed by atoms with Gasteiger partial charge in [0.2, 0.25) is 0 Å². The molecule has 2 unspecified atom stereocenters. The van der Waals surface area contributed by atoms with Crippen LogP contribution in [0, 0.1) is 5.92 Å². The van der Waals surface area contributed by atoms with Crippen LogP contribution >= 0.6 is 0 Å². The Morgan fingerprint density at radius 3 is 2.50 bits per heavy atom. The van der Waals surface area contributed by atoms with E-state index in [0.29, 0.717) is 0 Å². The van der Waals surface area contributed by atoms with E-state index in [4.69, 9.17) is 0 Å². The van der Waals surface area contributed by atoms with E-state index < -0.39 is 0 Å². The van der Waals surface area contributed by atoms with Gasteiger partial charge in [-0.15, -0.1) is 0 Å². The lowest BCUT2D eigenvalue weighted by molar-refractivity contribution is 0.0473. The van der Waals surface area contributed by atoms with Crippen LogP contribution in [-0.2, 0) is 0 Å². The van der Waals surface area contributed by atoms with Crippen LogP contribution in [0.4, 0.5) is 0 Å². The number of nitrogens with zero attached hydrogens (tertiary/aromatic N) is 1. The summed E-state index contributed by atoms with van der Waals surface area (Å²) >= 11 is 0. The van der Waals surface area contributed by atoms with E-state index in [1.54, 1.807) is 0 Å². The second-order valence-electron chi connectivity index (χ2n) is 4.81. The number of likely N-dealkylation sites (tertiary alicyclic amines) is 1. The molecule has 0 radical (unpaired) electrons. The van der Waals surface area contributed by atoms with Crippen molar-refractivity contribution in [3.63, 3.8) is 0 Å². The Labute approximate surface area is 88.1 Å². The van der Waals surface area contributed by atoms with E-state index in [2.05, 4.69) is 17.1 Å². The van der Waals surface area contributed by atoms with E-state index >= 15 is 0 Å². The summed E-state index contributed by atoms with van der Waals surface area (Å²) in [6.07, 6.45) is 7.24. The molecule has 2 nitrogen and oxygen atoms in total. The van der Waals surface area contributed by atoms with Crippen molar-refractivity contribution in [1.29, 1.82) is 0 Å². The summed E-state index contributed by atoms with van der Waals surface area (Å²) in [5.41, 5.74) is 0. The second kappa shape index (κ2) is 5.13. The van der Waals surface area contributed by atoms with E-state index in [9.17, 15) is 0 Å². The van der Waals surface area contributed by atoms with Crippen molar-refractivity contribution < 1.29 is 0 Å². The molecule has 1 aliphatic carbocycles. The molecule has 1 saturated carbocycles. The standard InChI is InChI=1S/C12H24N2/c1-2-13-10-11-6-7-12(11)14-8-4-3-5-9-14/h11-13H,2-10H2,1H3. The normalized spacial score (nSPS) is 34.1. The molecule has 2 rings (SSSR count). The topological polar surface area (TPSA) is 15.3 Å². The molecule has 0 aromatic carbocycles. The third-order valence-corrected chi connectivity index (χ3v) is 3.89. The fraction of sp³-hybridized carbons (Fsp3) is 1.00. The van der Waals surface area contributed by atoms with Crippen LogP contribution in [0.3, 0.4) is 0 Å². The van der Waals surface area contributed by atoms with Crippen LogP contribution in [0.15, 0.2) is 0 Å². The minimum absolute atomic E-state index is 0.925. The van der Waals surface area contributed by atoms with E-state index in [1.165, 1.54) is 51.7 Å². The zero-order chi connectivity index (χ0) is 9.80. The maximum atomic E-state index is 3.49. The first kappa shape index (κ1) is 10.4. The Balaban J connectivity index is 1.73. The maximum absolute atomic E-state index is 3.49. The Morgan fingerprint density at radius 2 is 1.93 bits per heavy atom. The zero-order valence-electron chi connectivity index (χ0n) is 9.47. The molecule has 14 heavy (non-hydrogen) atoms. The third kappa shape index (κ3) is 2.29. The molecule has 2 atom stereocenters. The summed E-state index contributed by atoms with van der Waals surface area (Å²) in [5, 5.41) is 3.49. The Morgan fingerprint density at radius 1 is 1.14 bits per heavy atom. The highest BCUT2D eigenvalue weighted by atomic mass is 15.2. The van der Waals surface area contributed by atoms with Crippen LogP contribution in [-0.4, -0.2) is 37.1 Å². The molecule has 0 aromatic heterocycles. The lowest BCUT2D eigenvalue weighted by Gasteiger charge is -2.46. The lowest BCUT2D eigenvalue weighted by atomic mass is 9.77. The quantitative estimate of drug-likeness (QED) is 0.738. The van der Waals surface area contributed by atoms with Gasteiger partial charge in [-0.1, -0.05) is 13.3 Å². The summed E-state index contributed by atoms with van der Waals surface area (Å²) in [6.45, 7) is 7.32. The highest BCUT2D eigenvalue weighted by molar-refractivity contribution is 4.90. The smallest absolute Gasteiger partial charge is 0.0136 e. The van der Waals surface area contributed by atoms with Gasteiger partial charge >= 0.3 is 0 Å². The maximum Gasteiger partial charge on any atom is 0.0136 e. The van der Waals surface area contributed by atoms with Crippen molar-refractivity contribution in [3.8, 4) is 0 Å². The van der Waals surface area contributed by atoms with E-state index in [0.717, 1.165) is 18.5 Å². The van der Waals surface area contributed by atoms with Crippen molar-refractivity contribution in [1.82, 2.24) is 10.2 Å². The number of hydrogen-bond donors (Lipinski definition) is 1. The third-order valence-electron chi connectivity index (χ3n) is 3.89. The largest absolute Gasteiger partial charge is 0.317 e. The van der Waals surface area contributed by atoms with Gasteiger partial charge in [-0.3, -0.25) is 0 Å². The van der Waals surface area contributed by atoms with Gasteiger partial charge in [-0.25, -0.2) is 0 Å². The molecule has 1 aliphatic heterocycles. The van der Waals surface area contributed by atoms with E-state index in [-0.39, 0.29) is 0 Å². The molecule has 1 heterocycles. The number of piperidine rings is 1. The molecule has 1 saturated heterocycles. The summed E-state index contributed by atoms with van der Waals surface area (Å²) in [5.74, 6) is 0.952. The fourth-order valence-corrected chi connectivity index (χ4v) is 2.85. The predicted molar refractivity (Wildman–Crippen MR) is 60.5 cm³/mol. The van der Waals surface area contributed by atoms with Crippen molar-refractivity contribution in [3.05, 3.63) is 0 Å².